The molecule has 1 atom stereocenters. The molecule has 0 fully saturated rings. The molecule has 0 N–H and O–H groups in total. The zero-order valence-corrected chi connectivity index (χ0v) is 24.2. The number of amides is 1. The first-order valence-electron chi connectivity index (χ1n) is 12.9. The third-order valence-electron chi connectivity index (χ3n) is 7.44. The summed E-state index contributed by atoms with van der Waals surface area (Å²) in [5, 5.41) is 0. The fourth-order valence-corrected chi connectivity index (χ4v) is 6.63. The lowest BCUT2D eigenvalue weighted by Gasteiger charge is -2.37. The molecule has 2 aromatic carbocycles. The van der Waals surface area contributed by atoms with Crippen molar-refractivity contribution < 1.29 is 27.4 Å². The topological polar surface area (TPSA) is 90.3 Å². The Morgan fingerprint density at radius 3 is 2.41 bits per heavy atom. The molecule has 1 aliphatic heterocycles. The summed E-state index contributed by atoms with van der Waals surface area (Å²) in [6.07, 6.45) is 2.02. The molecule has 0 saturated heterocycles. The summed E-state index contributed by atoms with van der Waals surface area (Å²) in [5.41, 5.74) is 4.22. The number of carbonyl (C=O) groups excluding carboxylic acids is 1. The zero-order chi connectivity index (χ0) is 28.3. The van der Waals surface area contributed by atoms with E-state index in [-0.39, 0.29) is 36.6 Å². The van der Waals surface area contributed by atoms with Gasteiger partial charge < -0.3 is 23.7 Å². The predicted molar refractivity (Wildman–Crippen MR) is 149 cm³/mol. The van der Waals surface area contributed by atoms with Crippen LogP contribution < -0.4 is 9.47 Å². The first-order valence-corrected chi connectivity index (χ1v) is 14.3. The van der Waals surface area contributed by atoms with E-state index in [1.54, 1.807) is 27.2 Å². The minimum atomic E-state index is -3.75. The average Bonchev–Trinajstić information content (AvgIpc) is 3.41. The summed E-state index contributed by atoms with van der Waals surface area (Å²) < 4.78 is 46.5. The maximum atomic E-state index is 13.3. The van der Waals surface area contributed by atoms with Gasteiger partial charge in [0.05, 0.1) is 31.8 Å². The van der Waals surface area contributed by atoms with Crippen LogP contribution in [0.15, 0.2) is 53.6 Å². The van der Waals surface area contributed by atoms with Gasteiger partial charge in [0.25, 0.3) is 0 Å². The van der Waals surface area contributed by atoms with Crippen molar-refractivity contribution in [2.75, 3.05) is 47.6 Å². The van der Waals surface area contributed by atoms with Gasteiger partial charge in [-0.25, -0.2) is 8.42 Å². The summed E-state index contributed by atoms with van der Waals surface area (Å²) in [5.74, 6) is 1.29. The molecule has 3 aromatic rings. The molecular weight excluding hydrogens is 518 g/mol. The Morgan fingerprint density at radius 2 is 1.74 bits per heavy atom. The van der Waals surface area contributed by atoms with Gasteiger partial charge in [-0.15, -0.1) is 0 Å². The van der Waals surface area contributed by atoms with Crippen LogP contribution in [0.1, 0.15) is 34.0 Å². The molecule has 2 heterocycles. The van der Waals surface area contributed by atoms with Crippen molar-refractivity contribution in [2.24, 2.45) is 0 Å². The molecule has 0 spiro atoms. The zero-order valence-electron chi connectivity index (χ0n) is 23.4. The van der Waals surface area contributed by atoms with Crippen molar-refractivity contribution in [1.29, 1.82) is 0 Å². The number of methoxy groups -OCH3 is 2. The van der Waals surface area contributed by atoms with Gasteiger partial charge in [-0.3, -0.25) is 4.79 Å². The Kier molecular flexibility index (Phi) is 8.68. The number of sulfonamides is 1. The van der Waals surface area contributed by atoms with Crippen LogP contribution in [0.5, 0.6) is 11.5 Å². The maximum Gasteiger partial charge on any atom is 0.249 e. The number of hydrogen-bond acceptors (Lipinski definition) is 6. The molecule has 1 amide bonds. The van der Waals surface area contributed by atoms with Gasteiger partial charge in [0, 0.05) is 38.6 Å². The number of ether oxygens (including phenoxy) is 3. The molecule has 0 saturated carbocycles. The van der Waals surface area contributed by atoms with Crippen molar-refractivity contribution in [3.05, 3.63) is 76.6 Å². The molecule has 0 aliphatic carbocycles. The highest BCUT2D eigenvalue weighted by Gasteiger charge is 2.32. The van der Waals surface area contributed by atoms with E-state index in [9.17, 15) is 13.2 Å². The standard InChI is InChI=1S/C29H37N3O6S/c1-20-18-26(21(2)22(3)29(20)37-6)39(34,35)30(4)16-17-38-19-27(33)32-15-14-31-13-7-8-25(31)28(32)23-9-11-24(36-5)12-10-23/h7-13,18,28H,14-17,19H2,1-6H3. The molecule has 210 valence electrons. The van der Waals surface area contributed by atoms with Crippen LogP contribution in [0.3, 0.4) is 0 Å². The lowest BCUT2D eigenvalue weighted by molar-refractivity contribution is -0.138. The van der Waals surface area contributed by atoms with Crippen molar-refractivity contribution >= 4 is 15.9 Å². The summed E-state index contributed by atoms with van der Waals surface area (Å²) in [7, 11) is 0.972. The fourth-order valence-electron chi connectivity index (χ4n) is 5.12. The van der Waals surface area contributed by atoms with Gasteiger partial charge in [-0.05, 0) is 73.4 Å². The molecule has 9 nitrogen and oxygen atoms in total. The van der Waals surface area contributed by atoms with Crippen molar-refractivity contribution in [3.8, 4) is 11.5 Å². The van der Waals surface area contributed by atoms with E-state index in [4.69, 9.17) is 14.2 Å². The summed E-state index contributed by atoms with van der Waals surface area (Å²) in [4.78, 5) is 15.4. The van der Waals surface area contributed by atoms with E-state index in [1.807, 2.05) is 61.3 Å². The fraction of sp³-hybridized carbons (Fsp3) is 0.414. The van der Waals surface area contributed by atoms with E-state index in [0.717, 1.165) is 28.1 Å². The number of aryl methyl sites for hydroxylation is 1. The highest BCUT2D eigenvalue weighted by atomic mass is 32.2. The molecule has 0 bridgehead atoms. The smallest absolute Gasteiger partial charge is 0.249 e. The van der Waals surface area contributed by atoms with E-state index >= 15 is 0 Å². The van der Waals surface area contributed by atoms with Crippen LogP contribution in [0.2, 0.25) is 0 Å². The number of benzene rings is 2. The lowest BCUT2D eigenvalue weighted by Crippen LogP contribution is -2.44. The number of aromatic nitrogens is 1. The van der Waals surface area contributed by atoms with Crippen LogP contribution in [-0.4, -0.2) is 75.7 Å². The highest BCUT2D eigenvalue weighted by Crippen LogP contribution is 2.34. The molecule has 4 rings (SSSR count). The number of likely N-dealkylation sites (N-methyl/N-ethyl adjacent to an activating group) is 1. The Bertz CT molecular complexity index is 1430. The molecule has 1 unspecified atom stereocenters. The minimum Gasteiger partial charge on any atom is -0.497 e. The van der Waals surface area contributed by atoms with Crippen molar-refractivity contribution in [2.45, 2.75) is 38.3 Å². The molecule has 0 radical (unpaired) electrons. The molecule has 10 heteroatoms. The Morgan fingerprint density at radius 1 is 1.03 bits per heavy atom. The summed E-state index contributed by atoms with van der Waals surface area (Å²) >= 11 is 0. The highest BCUT2D eigenvalue weighted by molar-refractivity contribution is 7.89. The molecular formula is C29H37N3O6S. The van der Waals surface area contributed by atoms with Gasteiger partial charge in [-0.1, -0.05) is 12.1 Å². The Hall–Kier alpha value is -3.34. The van der Waals surface area contributed by atoms with Crippen molar-refractivity contribution in [1.82, 2.24) is 13.8 Å². The third kappa shape index (κ3) is 5.68. The van der Waals surface area contributed by atoms with Gasteiger partial charge in [-0.2, -0.15) is 4.31 Å². The SMILES string of the molecule is COc1ccc(C2c3cccn3CCN2C(=O)COCCN(C)S(=O)(=O)c2cc(C)c(OC)c(C)c2C)cc1. The monoisotopic (exact) mass is 555 g/mol. The number of carbonyl (C=O) groups is 1. The predicted octanol–water partition coefficient (Wildman–Crippen LogP) is 3.70. The Labute approximate surface area is 230 Å². The van der Waals surface area contributed by atoms with Crippen LogP contribution in [-0.2, 0) is 26.1 Å². The van der Waals surface area contributed by atoms with Crippen LogP contribution in [0.4, 0.5) is 0 Å². The molecule has 1 aromatic heterocycles. The van der Waals surface area contributed by atoms with Crippen LogP contribution >= 0.6 is 0 Å². The second-order valence-electron chi connectivity index (χ2n) is 9.74. The second-order valence-corrected chi connectivity index (χ2v) is 11.8. The number of nitrogens with zero attached hydrogens (tertiary/aromatic N) is 3. The molecule has 39 heavy (non-hydrogen) atoms. The lowest BCUT2D eigenvalue weighted by atomic mass is 9.99. The van der Waals surface area contributed by atoms with Gasteiger partial charge in [0.2, 0.25) is 15.9 Å². The van der Waals surface area contributed by atoms with E-state index < -0.39 is 10.0 Å². The quantitative estimate of drug-likeness (QED) is 0.355. The van der Waals surface area contributed by atoms with Crippen molar-refractivity contribution in [3.63, 3.8) is 0 Å². The first-order chi connectivity index (χ1) is 18.6. The first kappa shape index (κ1) is 28.7. The largest absolute Gasteiger partial charge is 0.497 e. The van der Waals surface area contributed by atoms with E-state index in [0.29, 0.717) is 24.4 Å². The van der Waals surface area contributed by atoms with Gasteiger partial charge >= 0.3 is 0 Å². The van der Waals surface area contributed by atoms with E-state index in [2.05, 4.69) is 4.57 Å². The van der Waals surface area contributed by atoms with Crippen LogP contribution in [0, 0.1) is 20.8 Å². The van der Waals surface area contributed by atoms with Gasteiger partial charge in [0.15, 0.2) is 0 Å². The Balaban J connectivity index is 1.41. The maximum absolute atomic E-state index is 13.3. The number of fused-ring (bicyclic) bond motifs is 1. The number of hydrogen-bond donors (Lipinski definition) is 0. The van der Waals surface area contributed by atoms with E-state index in [1.165, 1.54) is 11.4 Å². The normalized spacial score (nSPS) is 15.4. The summed E-state index contributed by atoms with van der Waals surface area (Å²) in [6, 6.07) is 13.1. The molecule has 1 aliphatic rings. The second kappa shape index (κ2) is 11.8. The number of rotatable bonds is 10. The third-order valence-corrected chi connectivity index (χ3v) is 9.42. The average molecular weight is 556 g/mol. The van der Waals surface area contributed by atoms with Crippen LogP contribution in [0.25, 0.3) is 0 Å². The van der Waals surface area contributed by atoms with Gasteiger partial charge in [0.1, 0.15) is 18.1 Å². The minimum absolute atomic E-state index is 0.0893. The summed E-state index contributed by atoms with van der Waals surface area (Å²) in [6.45, 7) is 6.77.